The number of benzene rings is 1. The van der Waals surface area contributed by atoms with Gasteiger partial charge in [0.2, 0.25) is 11.9 Å². The Hall–Kier alpha value is -2.51. The number of carbonyl (C=O) groups excluding carboxylic acids is 1. The summed E-state index contributed by atoms with van der Waals surface area (Å²) in [7, 11) is 1.90. The molecule has 2 aromatic rings. The second kappa shape index (κ2) is 8.02. The number of rotatable bonds is 5. The molecular formula is C20H26N6O. The molecule has 0 unspecified atom stereocenters. The lowest BCUT2D eigenvalue weighted by Crippen LogP contribution is -2.63. The van der Waals surface area contributed by atoms with Crippen LogP contribution in [0, 0.1) is 0 Å². The van der Waals surface area contributed by atoms with Gasteiger partial charge in [-0.05, 0) is 5.56 Å². The monoisotopic (exact) mass is 366 g/mol. The normalized spacial score (nSPS) is 21.1. The van der Waals surface area contributed by atoms with E-state index in [0.29, 0.717) is 12.5 Å². The first-order valence-corrected chi connectivity index (χ1v) is 9.49. The van der Waals surface area contributed by atoms with E-state index in [0.717, 1.165) is 44.8 Å². The lowest BCUT2D eigenvalue weighted by Gasteiger charge is -2.45. The van der Waals surface area contributed by atoms with Crippen LogP contribution < -0.4 is 5.32 Å². The lowest BCUT2D eigenvalue weighted by atomic mass is 10.1. The molecule has 2 aliphatic heterocycles. The fourth-order valence-electron chi connectivity index (χ4n) is 3.73. The van der Waals surface area contributed by atoms with E-state index in [9.17, 15) is 4.79 Å². The van der Waals surface area contributed by atoms with Gasteiger partial charge in [-0.15, -0.1) is 0 Å². The average molecular weight is 366 g/mol. The van der Waals surface area contributed by atoms with Crippen molar-refractivity contribution >= 4 is 11.9 Å². The number of nitrogens with zero attached hydrogens (tertiary/aromatic N) is 5. The Kier molecular flexibility index (Phi) is 5.31. The summed E-state index contributed by atoms with van der Waals surface area (Å²) < 4.78 is 0. The number of likely N-dealkylation sites (N-methyl/N-ethyl adjacent to an activating group) is 1. The topological polar surface area (TPSA) is 64.6 Å². The van der Waals surface area contributed by atoms with Crippen molar-refractivity contribution in [1.82, 2.24) is 24.7 Å². The summed E-state index contributed by atoms with van der Waals surface area (Å²) in [6.45, 7) is 5.99. The molecule has 0 bridgehead atoms. The van der Waals surface area contributed by atoms with E-state index in [1.807, 2.05) is 42.5 Å². The first kappa shape index (κ1) is 17.9. The molecule has 27 heavy (non-hydrogen) atoms. The minimum absolute atomic E-state index is 0.00905. The molecule has 142 valence electrons. The molecule has 4 rings (SSSR count). The standard InChI is InChI=1S/C20H26N6O/c1-24-7-9-26-10-8-25(15-18(26)19(24)27)14-17-12-22-20(23-13-17)21-11-16-5-3-2-4-6-16/h2-6,12-13,18H,7-11,14-15H2,1H3,(H,21,22,23)/t18-/m0/s1. The van der Waals surface area contributed by atoms with E-state index in [4.69, 9.17) is 0 Å². The number of amides is 1. The molecular weight excluding hydrogens is 340 g/mol. The molecule has 7 heteroatoms. The van der Waals surface area contributed by atoms with Crippen molar-refractivity contribution in [2.45, 2.75) is 19.1 Å². The molecule has 2 fully saturated rings. The van der Waals surface area contributed by atoms with Crippen molar-refractivity contribution in [3.8, 4) is 0 Å². The Morgan fingerprint density at radius 3 is 2.56 bits per heavy atom. The van der Waals surface area contributed by atoms with E-state index < -0.39 is 0 Å². The summed E-state index contributed by atoms with van der Waals surface area (Å²) in [5.74, 6) is 0.874. The van der Waals surface area contributed by atoms with Gasteiger partial charge < -0.3 is 10.2 Å². The first-order chi connectivity index (χ1) is 13.2. The Labute approximate surface area is 160 Å². The molecule has 7 nitrogen and oxygen atoms in total. The number of piperazine rings is 2. The van der Waals surface area contributed by atoms with Crippen LogP contribution in [-0.2, 0) is 17.9 Å². The smallest absolute Gasteiger partial charge is 0.241 e. The van der Waals surface area contributed by atoms with Gasteiger partial charge in [-0.3, -0.25) is 14.6 Å². The van der Waals surface area contributed by atoms with Gasteiger partial charge in [0, 0.05) is 70.8 Å². The van der Waals surface area contributed by atoms with Gasteiger partial charge in [0.15, 0.2) is 0 Å². The molecule has 0 radical (unpaired) electrons. The number of anilines is 1. The van der Waals surface area contributed by atoms with Crippen LogP contribution in [0.15, 0.2) is 42.7 Å². The molecule has 0 spiro atoms. The van der Waals surface area contributed by atoms with E-state index >= 15 is 0 Å². The number of fused-ring (bicyclic) bond motifs is 1. The average Bonchev–Trinajstić information content (AvgIpc) is 2.71. The van der Waals surface area contributed by atoms with Crippen LogP contribution in [0.4, 0.5) is 5.95 Å². The summed E-state index contributed by atoms with van der Waals surface area (Å²) in [4.78, 5) is 27.8. The zero-order chi connectivity index (χ0) is 18.6. The highest BCUT2D eigenvalue weighted by atomic mass is 16.2. The Morgan fingerprint density at radius 2 is 1.78 bits per heavy atom. The molecule has 1 aromatic carbocycles. The van der Waals surface area contributed by atoms with Crippen LogP contribution in [0.25, 0.3) is 0 Å². The maximum Gasteiger partial charge on any atom is 0.241 e. The number of aromatic nitrogens is 2. The molecule has 0 aliphatic carbocycles. The van der Waals surface area contributed by atoms with Crippen molar-refractivity contribution in [2.24, 2.45) is 0 Å². The van der Waals surface area contributed by atoms with Crippen molar-refractivity contribution < 1.29 is 4.79 Å². The second-order valence-electron chi connectivity index (χ2n) is 7.30. The number of hydrogen-bond acceptors (Lipinski definition) is 6. The van der Waals surface area contributed by atoms with Crippen molar-refractivity contribution in [1.29, 1.82) is 0 Å². The maximum atomic E-state index is 12.4. The van der Waals surface area contributed by atoms with Crippen molar-refractivity contribution in [3.63, 3.8) is 0 Å². The van der Waals surface area contributed by atoms with Crippen LogP contribution in [0.5, 0.6) is 0 Å². The highest BCUT2D eigenvalue weighted by Gasteiger charge is 2.37. The predicted octanol–water partition coefficient (Wildman–Crippen LogP) is 1.05. The van der Waals surface area contributed by atoms with Crippen molar-refractivity contribution in [2.75, 3.05) is 45.1 Å². The van der Waals surface area contributed by atoms with Crippen LogP contribution >= 0.6 is 0 Å². The zero-order valence-corrected chi connectivity index (χ0v) is 15.7. The van der Waals surface area contributed by atoms with E-state index in [2.05, 4.69) is 37.2 Å². The first-order valence-electron chi connectivity index (χ1n) is 9.49. The van der Waals surface area contributed by atoms with E-state index in [1.54, 1.807) is 0 Å². The SMILES string of the molecule is CN1CCN2CCN(Cc3cnc(NCc4ccccc4)nc3)C[C@H]2C1=O. The zero-order valence-electron chi connectivity index (χ0n) is 15.7. The van der Waals surface area contributed by atoms with E-state index in [-0.39, 0.29) is 11.9 Å². The van der Waals surface area contributed by atoms with Crippen molar-refractivity contribution in [3.05, 3.63) is 53.9 Å². The lowest BCUT2D eigenvalue weighted by molar-refractivity contribution is -0.143. The maximum absolute atomic E-state index is 12.4. The van der Waals surface area contributed by atoms with Gasteiger partial charge in [-0.25, -0.2) is 9.97 Å². The van der Waals surface area contributed by atoms with Crippen LogP contribution in [0.2, 0.25) is 0 Å². The molecule has 1 atom stereocenters. The summed E-state index contributed by atoms with van der Waals surface area (Å²) >= 11 is 0. The van der Waals surface area contributed by atoms with Gasteiger partial charge in [0.1, 0.15) is 6.04 Å². The predicted molar refractivity (Wildman–Crippen MR) is 104 cm³/mol. The Balaban J connectivity index is 1.31. The van der Waals surface area contributed by atoms with Gasteiger partial charge in [-0.1, -0.05) is 30.3 Å². The minimum atomic E-state index is -0.00905. The summed E-state index contributed by atoms with van der Waals surface area (Å²) in [6.07, 6.45) is 3.75. The summed E-state index contributed by atoms with van der Waals surface area (Å²) in [6, 6.07) is 10.2. The van der Waals surface area contributed by atoms with Crippen LogP contribution in [-0.4, -0.2) is 76.4 Å². The molecule has 2 saturated heterocycles. The summed E-state index contributed by atoms with van der Waals surface area (Å²) in [5, 5.41) is 3.25. The van der Waals surface area contributed by atoms with Crippen LogP contribution in [0.1, 0.15) is 11.1 Å². The minimum Gasteiger partial charge on any atom is -0.350 e. The fourth-order valence-corrected chi connectivity index (χ4v) is 3.73. The second-order valence-corrected chi connectivity index (χ2v) is 7.30. The molecule has 2 aliphatic rings. The molecule has 1 N–H and O–H groups in total. The third kappa shape index (κ3) is 4.26. The quantitative estimate of drug-likeness (QED) is 0.853. The summed E-state index contributed by atoms with van der Waals surface area (Å²) in [5.41, 5.74) is 2.27. The largest absolute Gasteiger partial charge is 0.350 e. The van der Waals surface area contributed by atoms with Crippen LogP contribution in [0.3, 0.4) is 0 Å². The third-order valence-corrected chi connectivity index (χ3v) is 5.36. The number of carbonyl (C=O) groups is 1. The Morgan fingerprint density at radius 1 is 1.04 bits per heavy atom. The van der Waals surface area contributed by atoms with E-state index in [1.165, 1.54) is 5.56 Å². The molecule has 0 saturated carbocycles. The number of nitrogens with one attached hydrogen (secondary N) is 1. The van der Waals surface area contributed by atoms with Gasteiger partial charge in [0.05, 0.1) is 0 Å². The Bertz CT molecular complexity index is 766. The molecule has 1 amide bonds. The molecule has 3 heterocycles. The highest BCUT2D eigenvalue weighted by molar-refractivity contribution is 5.82. The van der Waals surface area contributed by atoms with Gasteiger partial charge in [-0.2, -0.15) is 0 Å². The number of hydrogen-bond donors (Lipinski definition) is 1. The third-order valence-electron chi connectivity index (χ3n) is 5.36. The fraction of sp³-hybridized carbons (Fsp3) is 0.450. The van der Waals surface area contributed by atoms with Gasteiger partial charge in [0.25, 0.3) is 0 Å². The van der Waals surface area contributed by atoms with Gasteiger partial charge >= 0.3 is 0 Å². The molecule has 1 aromatic heterocycles. The highest BCUT2D eigenvalue weighted by Crippen LogP contribution is 2.17.